The van der Waals surface area contributed by atoms with Crippen LogP contribution >= 0.6 is 0 Å². The maximum Gasteiger partial charge on any atom is -0.00167 e. The van der Waals surface area contributed by atoms with Gasteiger partial charge in [0.25, 0.3) is 0 Å². The van der Waals surface area contributed by atoms with Gasteiger partial charge in [0.2, 0.25) is 0 Å². The van der Waals surface area contributed by atoms with Crippen LogP contribution < -0.4 is 0 Å². The van der Waals surface area contributed by atoms with Crippen LogP contribution in [0.15, 0.2) is 0 Å². The third-order valence-electron chi connectivity index (χ3n) is 3.32. The Bertz CT molecular complexity index is 136. The fourth-order valence-electron chi connectivity index (χ4n) is 2.45. The Morgan fingerprint density at radius 3 is 2.14 bits per heavy atom. The molecule has 0 spiro atoms. The molecule has 1 saturated carbocycles. The lowest BCUT2D eigenvalue weighted by Crippen LogP contribution is -2.36. The average Bonchev–Trinajstić information content (AvgIpc) is 2.15. The van der Waals surface area contributed by atoms with Crippen LogP contribution in [0.3, 0.4) is 0 Å². The summed E-state index contributed by atoms with van der Waals surface area (Å²) in [5.74, 6) is 0.988. The summed E-state index contributed by atoms with van der Waals surface area (Å²) in [7, 11) is 2.21. The second-order valence-electron chi connectivity index (χ2n) is 4.97. The average molecular weight is 199 g/mol. The third kappa shape index (κ3) is 4.45. The van der Waals surface area contributed by atoms with Gasteiger partial charge in [-0.1, -0.05) is 34.6 Å². The molecule has 0 atom stereocenters. The van der Waals surface area contributed by atoms with Crippen molar-refractivity contribution in [2.75, 3.05) is 20.1 Å². The van der Waals surface area contributed by atoms with Crippen molar-refractivity contribution in [1.29, 1.82) is 0 Å². The molecular weight excluding hydrogens is 170 g/mol. The standard InChI is InChI=1S/C11H23N.C2H6/c1-5-12(4)7-6-11(3)8-10(2)9-11;1-2/h10H,5-9H2,1-4H3;1-2H3. The van der Waals surface area contributed by atoms with Gasteiger partial charge in [0.05, 0.1) is 0 Å². The van der Waals surface area contributed by atoms with Crippen LogP contribution in [0.1, 0.15) is 53.9 Å². The van der Waals surface area contributed by atoms with Gasteiger partial charge < -0.3 is 4.90 Å². The van der Waals surface area contributed by atoms with Crippen LogP contribution in [-0.2, 0) is 0 Å². The Morgan fingerprint density at radius 2 is 1.79 bits per heavy atom. The molecule has 1 rings (SSSR count). The third-order valence-corrected chi connectivity index (χ3v) is 3.32. The smallest absolute Gasteiger partial charge is 0.00167 e. The van der Waals surface area contributed by atoms with Gasteiger partial charge in [-0.25, -0.2) is 0 Å². The second-order valence-corrected chi connectivity index (χ2v) is 4.97. The summed E-state index contributed by atoms with van der Waals surface area (Å²) in [6.45, 7) is 13.5. The summed E-state index contributed by atoms with van der Waals surface area (Å²) in [5.41, 5.74) is 0.683. The van der Waals surface area contributed by atoms with Crippen molar-refractivity contribution in [2.45, 2.75) is 53.9 Å². The maximum atomic E-state index is 2.44. The van der Waals surface area contributed by atoms with Gasteiger partial charge >= 0.3 is 0 Å². The van der Waals surface area contributed by atoms with Crippen molar-refractivity contribution in [2.24, 2.45) is 11.3 Å². The van der Waals surface area contributed by atoms with E-state index in [1.807, 2.05) is 13.8 Å². The highest BCUT2D eigenvalue weighted by atomic mass is 15.1. The highest BCUT2D eigenvalue weighted by Crippen LogP contribution is 2.47. The van der Waals surface area contributed by atoms with E-state index in [2.05, 4.69) is 32.7 Å². The van der Waals surface area contributed by atoms with Gasteiger partial charge in [-0.2, -0.15) is 0 Å². The largest absolute Gasteiger partial charge is 0.307 e. The fourth-order valence-corrected chi connectivity index (χ4v) is 2.45. The quantitative estimate of drug-likeness (QED) is 0.666. The highest BCUT2D eigenvalue weighted by molar-refractivity contribution is 4.88. The van der Waals surface area contributed by atoms with Crippen LogP contribution in [0.5, 0.6) is 0 Å². The molecule has 0 amide bonds. The highest BCUT2D eigenvalue weighted by Gasteiger charge is 2.36. The molecule has 0 aromatic rings. The van der Waals surface area contributed by atoms with Crippen molar-refractivity contribution < 1.29 is 0 Å². The number of hydrogen-bond donors (Lipinski definition) is 0. The molecule has 0 heterocycles. The number of rotatable bonds is 4. The molecule has 0 aromatic heterocycles. The first-order valence-corrected chi connectivity index (χ1v) is 6.24. The predicted octanol–water partition coefficient (Wildman–Crippen LogP) is 3.79. The van der Waals surface area contributed by atoms with Crippen molar-refractivity contribution >= 4 is 0 Å². The first-order valence-electron chi connectivity index (χ1n) is 6.24. The van der Waals surface area contributed by atoms with Gasteiger partial charge in [0.1, 0.15) is 0 Å². The maximum absolute atomic E-state index is 2.44. The molecule has 0 saturated heterocycles. The molecule has 1 fully saturated rings. The lowest BCUT2D eigenvalue weighted by molar-refractivity contribution is 0.0665. The van der Waals surface area contributed by atoms with E-state index in [0.29, 0.717) is 5.41 Å². The Balaban J connectivity index is 0.000000791. The fraction of sp³-hybridized carbons (Fsp3) is 1.00. The summed E-state index contributed by atoms with van der Waals surface area (Å²) in [4.78, 5) is 2.41. The van der Waals surface area contributed by atoms with E-state index in [0.717, 1.165) is 5.92 Å². The van der Waals surface area contributed by atoms with E-state index < -0.39 is 0 Å². The zero-order valence-electron chi connectivity index (χ0n) is 11.1. The molecule has 1 nitrogen and oxygen atoms in total. The SMILES string of the molecule is CC.CCN(C)CCC1(C)CC(C)C1. The first-order chi connectivity index (χ1) is 6.56. The number of hydrogen-bond acceptors (Lipinski definition) is 1. The van der Waals surface area contributed by atoms with Crippen LogP contribution in [0.4, 0.5) is 0 Å². The Kier molecular flexibility index (Phi) is 6.43. The molecule has 0 N–H and O–H groups in total. The number of nitrogens with zero attached hydrogens (tertiary/aromatic N) is 1. The molecule has 14 heavy (non-hydrogen) atoms. The van der Waals surface area contributed by atoms with Crippen LogP contribution in [0.25, 0.3) is 0 Å². The molecular formula is C13H29N. The van der Waals surface area contributed by atoms with E-state index in [4.69, 9.17) is 0 Å². The van der Waals surface area contributed by atoms with Crippen molar-refractivity contribution in [3.8, 4) is 0 Å². The van der Waals surface area contributed by atoms with Crippen molar-refractivity contribution in [3.63, 3.8) is 0 Å². The van der Waals surface area contributed by atoms with Crippen LogP contribution in [-0.4, -0.2) is 25.0 Å². The van der Waals surface area contributed by atoms with Crippen molar-refractivity contribution in [3.05, 3.63) is 0 Å². The summed E-state index contributed by atoms with van der Waals surface area (Å²) in [6.07, 6.45) is 4.29. The Hall–Kier alpha value is -0.0400. The molecule has 0 bridgehead atoms. The summed E-state index contributed by atoms with van der Waals surface area (Å²) < 4.78 is 0. The van der Waals surface area contributed by atoms with Gasteiger partial charge in [-0.15, -0.1) is 0 Å². The first kappa shape index (κ1) is 14.0. The molecule has 0 radical (unpaired) electrons. The minimum absolute atomic E-state index is 0.683. The molecule has 86 valence electrons. The lowest BCUT2D eigenvalue weighted by Gasteiger charge is -2.44. The molecule has 0 aliphatic heterocycles. The van der Waals surface area contributed by atoms with Crippen LogP contribution in [0, 0.1) is 11.3 Å². The van der Waals surface area contributed by atoms with Crippen LogP contribution in [0.2, 0.25) is 0 Å². The summed E-state index contributed by atoms with van der Waals surface area (Å²) in [6, 6.07) is 0. The topological polar surface area (TPSA) is 3.24 Å². The lowest BCUT2D eigenvalue weighted by atomic mass is 9.62. The summed E-state index contributed by atoms with van der Waals surface area (Å²) in [5, 5.41) is 0. The molecule has 0 unspecified atom stereocenters. The van der Waals surface area contributed by atoms with Gasteiger partial charge in [0.15, 0.2) is 0 Å². The zero-order valence-corrected chi connectivity index (χ0v) is 11.1. The van der Waals surface area contributed by atoms with E-state index >= 15 is 0 Å². The zero-order chi connectivity index (χ0) is 11.2. The minimum Gasteiger partial charge on any atom is -0.307 e. The minimum atomic E-state index is 0.683. The second kappa shape index (κ2) is 6.44. The van der Waals surface area contributed by atoms with E-state index in [1.54, 1.807) is 0 Å². The van der Waals surface area contributed by atoms with E-state index in [9.17, 15) is 0 Å². The van der Waals surface area contributed by atoms with E-state index in [-0.39, 0.29) is 0 Å². The predicted molar refractivity (Wildman–Crippen MR) is 65.6 cm³/mol. The van der Waals surface area contributed by atoms with E-state index in [1.165, 1.54) is 32.4 Å². The Labute approximate surface area is 90.9 Å². The molecule has 0 aromatic carbocycles. The molecule has 1 aliphatic carbocycles. The van der Waals surface area contributed by atoms with Gasteiger partial charge in [-0.05, 0) is 50.7 Å². The molecule has 1 heteroatoms. The van der Waals surface area contributed by atoms with Gasteiger partial charge in [0, 0.05) is 0 Å². The summed E-state index contributed by atoms with van der Waals surface area (Å²) >= 11 is 0. The normalized spacial score (nSPS) is 30.6. The molecule has 1 aliphatic rings. The monoisotopic (exact) mass is 199 g/mol. The Morgan fingerprint density at radius 1 is 1.29 bits per heavy atom. The van der Waals surface area contributed by atoms with Gasteiger partial charge in [-0.3, -0.25) is 0 Å². The van der Waals surface area contributed by atoms with Crippen molar-refractivity contribution in [1.82, 2.24) is 4.90 Å².